The van der Waals surface area contributed by atoms with E-state index in [2.05, 4.69) is 45.3 Å². The second-order valence-corrected chi connectivity index (χ2v) is 6.86. The molecule has 0 fully saturated rings. The van der Waals surface area contributed by atoms with Crippen molar-refractivity contribution in [3.63, 3.8) is 0 Å². The molecule has 1 aliphatic rings. The molecule has 0 spiro atoms. The van der Waals surface area contributed by atoms with E-state index in [1.54, 1.807) is 20.4 Å². The maximum atomic E-state index is 5.30. The number of ether oxygens (including phenoxy) is 1. The molecule has 2 aromatic heterocycles. The van der Waals surface area contributed by atoms with Gasteiger partial charge in [0.1, 0.15) is 0 Å². The number of aryl methyl sites for hydroxylation is 1. The topological polar surface area (TPSA) is 76.4 Å². The SMILES string of the molecule is CN=C(NCc1cccnc1OC)NC1CCc2cn(C(C)C)nc2C1. The molecule has 1 unspecified atom stereocenters. The van der Waals surface area contributed by atoms with Crippen LogP contribution >= 0.6 is 0 Å². The number of aliphatic imine (C=N–C) groups is 1. The predicted molar refractivity (Wildman–Crippen MR) is 103 cm³/mol. The van der Waals surface area contributed by atoms with Crippen molar-refractivity contribution >= 4 is 5.96 Å². The Hall–Kier alpha value is -2.57. The van der Waals surface area contributed by atoms with Crippen LogP contribution in [0.25, 0.3) is 0 Å². The van der Waals surface area contributed by atoms with Gasteiger partial charge in [-0.05, 0) is 38.3 Å². The van der Waals surface area contributed by atoms with Crippen LogP contribution in [0.4, 0.5) is 0 Å². The first-order valence-electron chi connectivity index (χ1n) is 9.12. The zero-order valence-corrected chi connectivity index (χ0v) is 16.0. The lowest BCUT2D eigenvalue weighted by atomic mass is 9.94. The lowest BCUT2D eigenvalue weighted by Crippen LogP contribution is -2.45. The molecule has 26 heavy (non-hydrogen) atoms. The summed E-state index contributed by atoms with van der Waals surface area (Å²) in [5.41, 5.74) is 3.58. The quantitative estimate of drug-likeness (QED) is 0.634. The zero-order chi connectivity index (χ0) is 18.5. The smallest absolute Gasteiger partial charge is 0.218 e. The van der Waals surface area contributed by atoms with Gasteiger partial charge in [-0.2, -0.15) is 5.10 Å². The molecule has 1 atom stereocenters. The Balaban J connectivity index is 1.58. The van der Waals surface area contributed by atoms with E-state index in [9.17, 15) is 0 Å². The van der Waals surface area contributed by atoms with Crippen LogP contribution in [0, 0.1) is 0 Å². The summed E-state index contributed by atoms with van der Waals surface area (Å²) in [5, 5.41) is 11.6. The number of rotatable bonds is 5. The predicted octanol–water partition coefficient (Wildman–Crippen LogP) is 2.09. The summed E-state index contributed by atoms with van der Waals surface area (Å²) in [5.74, 6) is 1.42. The fraction of sp³-hybridized carbons (Fsp3) is 0.526. The third kappa shape index (κ3) is 4.15. The van der Waals surface area contributed by atoms with Crippen molar-refractivity contribution < 1.29 is 4.74 Å². The minimum atomic E-state index is 0.333. The van der Waals surface area contributed by atoms with Crippen LogP contribution in [0.15, 0.2) is 29.5 Å². The fourth-order valence-corrected chi connectivity index (χ4v) is 3.21. The maximum Gasteiger partial charge on any atom is 0.218 e. The van der Waals surface area contributed by atoms with E-state index in [-0.39, 0.29) is 0 Å². The van der Waals surface area contributed by atoms with Gasteiger partial charge in [-0.1, -0.05) is 6.07 Å². The van der Waals surface area contributed by atoms with Gasteiger partial charge >= 0.3 is 0 Å². The summed E-state index contributed by atoms with van der Waals surface area (Å²) < 4.78 is 7.36. The van der Waals surface area contributed by atoms with Crippen LogP contribution in [0.1, 0.15) is 43.1 Å². The molecule has 0 aromatic carbocycles. The molecule has 2 aromatic rings. The molecule has 7 heteroatoms. The number of hydrogen-bond donors (Lipinski definition) is 2. The average Bonchev–Trinajstić information content (AvgIpc) is 3.09. The summed E-state index contributed by atoms with van der Waals surface area (Å²) >= 11 is 0. The molecule has 1 aliphatic carbocycles. The number of hydrogen-bond acceptors (Lipinski definition) is 4. The minimum absolute atomic E-state index is 0.333. The summed E-state index contributed by atoms with van der Waals surface area (Å²) in [4.78, 5) is 8.57. The molecule has 2 N–H and O–H groups in total. The maximum absolute atomic E-state index is 5.30. The summed E-state index contributed by atoms with van der Waals surface area (Å²) in [6, 6.07) is 4.64. The zero-order valence-electron chi connectivity index (χ0n) is 16.0. The second kappa shape index (κ2) is 8.21. The number of methoxy groups -OCH3 is 1. The highest BCUT2D eigenvalue weighted by Gasteiger charge is 2.23. The van der Waals surface area contributed by atoms with Gasteiger partial charge in [0.05, 0.1) is 12.8 Å². The van der Waals surface area contributed by atoms with Gasteiger partial charge in [-0.3, -0.25) is 9.67 Å². The summed E-state index contributed by atoms with van der Waals surface area (Å²) in [6.45, 7) is 4.93. The Bertz CT molecular complexity index is 767. The first-order valence-corrected chi connectivity index (χ1v) is 9.12. The molecular weight excluding hydrogens is 328 g/mol. The first-order chi connectivity index (χ1) is 12.6. The van der Waals surface area contributed by atoms with E-state index in [0.717, 1.165) is 30.8 Å². The van der Waals surface area contributed by atoms with Gasteiger partial charge < -0.3 is 15.4 Å². The Morgan fingerprint density at radius 1 is 1.46 bits per heavy atom. The standard InChI is InChI=1S/C19H28N6O/c1-13(2)25-12-15-7-8-16(10-17(15)24-25)23-19(20-3)22-11-14-6-5-9-21-18(14)26-4/h5-6,9,12-13,16H,7-8,10-11H2,1-4H3,(H2,20,22,23). The fourth-order valence-electron chi connectivity index (χ4n) is 3.21. The Kier molecular flexibility index (Phi) is 5.75. The van der Waals surface area contributed by atoms with E-state index in [0.29, 0.717) is 24.5 Å². The highest BCUT2D eigenvalue weighted by Crippen LogP contribution is 2.21. The molecular formula is C19H28N6O. The number of fused-ring (bicyclic) bond motifs is 1. The largest absolute Gasteiger partial charge is 0.481 e. The molecule has 7 nitrogen and oxygen atoms in total. The van der Waals surface area contributed by atoms with Gasteiger partial charge in [-0.25, -0.2) is 4.98 Å². The normalized spacial score (nSPS) is 17.1. The highest BCUT2D eigenvalue weighted by atomic mass is 16.5. The van der Waals surface area contributed by atoms with E-state index in [1.807, 2.05) is 12.1 Å². The number of aromatic nitrogens is 3. The Morgan fingerprint density at radius 3 is 3.04 bits per heavy atom. The van der Waals surface area contributed by atoms with Crippen molar-refractivity contribution in [1.82, 2.24) is 25.4 Å². The highest BCUT2D eigenvalue weighted by molar-refractivity contribution is 5.80. The second-order valence-electron chi connectivity index (χ2n) is 6.86. The van der Waals surface area contributed by atoms with Crippen LogP contribution in [-0.4, -0.2) is 40.9 Å². The Labute approximate surface area is 154 Å². The molecule has 0 aliphatic heterocycles. The van der Waals surface area contributed by atoms with Gasteiger partial charge in [0.25, 0.3) is 0 Å². The van der Waals surface area contributed by atoms with Gasteiger partial charge in [0.15, 0.2) is 5.96 Å². The van der Waals surface area contributed by atoms with Crippen molar-refractivity contribution in [1.29, 1.82) is 0 Å². The van der Waals surface area contributed by atoms with Gasteiger partial charge in [0.2, 0.25) is 5.88 Å². The minimum Gasteiger partial charge on any atom is -0.481 e. The molecule has 3 rings (SSSR count). The van der Waals surface area contributed by atoms with Crippen LogP contribution in [0.3, 0.4) is 0 Å². The molecule has 140 valence electrons. The van der Waals surface area contributed by atoms with Gasteiger partial charge in [-0.15, -0.1) is 0 Å². The average molecular weight is 356 g/mol. The molecule has 0 amide bonds. The first kappa shape index (κ1) is 18.2. The third-order valence-corrected chi connectivity index (χ3v) is 4.68. The molecule has 0 bridgehead atoms. The van der Waals surface area contributed by atoms with E-state index < -0.39 is 0 Å². The van der Waals surface area contributed by atoms with Crippen molar-refractivity contribution in [3.05, 3.63) is 41.3 Å². The molecule has 0 saturated heterocycles. The van der Waals surface area contributed by atoms with Crippen LogP contribution in [0.5, 0.6) is 5.88 Å². The van der Waals surface area contributed by atoms with Crippen LogP contribution < -0.4 is 15.4 Å². The molecule has 2 heterocycles. The monoisotopic (exact) mass is 356 g/mol. The van der Waals surface area contributed by atoms with E-state index in [1.165, 1.54) is 11.3 Å². The lowest BCUT2D eigenvalue weighted by Gasteiger charge is -2.24. The van der Waals surface area contributed by atoms with E-state index in [4.69, 9.17) is 9.84 Å². The number of nitrogens with zero attached hydrogens (tertiary/aromatic N) is 4. The van der Waals surface area contributed by atoms with Crippen LogP contribution in [0.2, 0.25) is 0 Å². The van der Waals surface area contributed by atoms with Gasteiger partial charge in [0, 0.05) is 50.1 Å². The van der Waals surface area contributed by atoms with Crippen molar-refractivity contribution in [2.45, 2.75) is 51.7 Å². The Morgan fingerprint density at radius 2 is 2.31 bits per heavy atom. The van der Waals surface area contributed by atoms with Crippen molar-refractivity contribution in [3.8, 4) is 5.88 Å². The van der Waals surface area contributed by atoms with Crippen molar-refractivity contribution in [2.24, 2.45) is 4.99 Å². The van der Waals surface area contributed by atoms with E-state index >= 15 is 0 Å². The molecule has 0 saturated carbocycles. The van der Waals surface area contributed by atoms with Crippen LogP contribution in [-0.2, 0) is 19.4 Å². The number of guanidine groups is 1. The third-order valence-electron chi connectivity index (χ3n) is 4.68. The number of nitrogens with one attached hydrogen (secondary N) is 2. The summed E-state index contributed by atoms with van der Waals surface area (Å²) in [6.07, 6.45) is 6.97. The van der Waals surface area contributed by atoms with Crippen molar-refractivity contribution in [2.75, 3.05) is 14.2 Å². The number of pyridine rings is 1. The summed E-state index contributed by atoms with van der Waals surface area (Å²) in [7, 11) is 3.42. The lowest BCUT2D eigenvalue weighted by molar-refractivity contribution is 0.391. The molecule has 0 radical (unpaired) electrons.